The molecule has 0 aliphatic rings. The highest BCUT2D eigenvalue weighted by molar-refractivity contribution is 7.99. The molecule has 0 aliphatic heterocycles. The quantitative estimate of drug-likeness (QED) is 0.570. The number of ether oxygens (including phenoxy) is 3. The minimum absolute atomic E-state index is 0.268. The first-order chi connectivity index (χ1) is 13.3. The van der Waals surface area contributed by atoms with E-state index in [2.05, 4.69) is 30.3 Å². The number of aromatic nitrogens is 2. The van der Waals surface area contributed by atoms with Crippen molar-refractivity contribution in [2.75, 3.05) is 26.6 Å². The fourth-order valence-corrected chi connectivity index (χ4v) is 3.82. The van der Waals surface area contributed by atoms with Crippen LogP contribution in [0.4, 0.5) is 0 Å². The van der Waals surface area contributed by atoms with Crippen LogP contribution in [0.15, 0.2) is 23.4 Å². The Morgan fingerprint density at radius 2 is 1.86 bits per heavy atom. The van der Waals surface area contributed by atoms with Crippen LogP contribution in [0.25, 0.3) is 0 Å². The van der Waals surface area contributed by atoms with Crippen molar-refractivity contribution in [1.29, 1.82) is 0 Å². The van der Waals surface area contributed by atoms with Gasteiger partial charge in [-0.1, -0.05) is 31.7 Å². The lowest BCUT2D eigenvalue weighted by Gasteiger charge is -2.14. The highest BCUT2D eigenvalue weighted by atomic mass is 32.2. The Kier molecular flexibility index (Phi) is 8.66. The molecule has 0 unspecified atom stereocenters. The van der Waals surface area contributed by atoms with Crippen LogP contribution >= 0.6 is 11.8 Å². The van der Waals surface area contributed by atoms with Crippen molar-refractivity contribution in [1.82, 2.24) is 9.55 Å². The summed E-state index contributed by atoms with van der Waals surface area (Å²) in [6.45, 7) is 10.1. The molecule has 1 aromatic carbocycles. The van der Waals surface area contributed by atoms with E-state index in [0.29, 0.717) is 29.8 Å². The van der Waals surface area contributed by atoms with Crippen molar-refractivity contribution in [3.63, 3.8) is 0 Å². The molecule has 2 rings (SSSR count). The van der Waals surface area contributed by atoms with Gasteiger partial charge in [-0.2, -0.15) is 0 Å². The molecule has 7 heteroatoms. The molecule has 6 nitrogen and oxygen atoms in total. The van der Waals surface area contributed by atoms with E-state index in [4.69, 9.17) is 14.2 Å². The first-order valence-electron chi connectivity index (χ1n) is 9.48. The molecule has 0 saturated carbocycles. The summed E-state index contributed by atoms with van der Waals surface area (Å²) >= 11 is 1.57. The van der Waals surface area contributed by atoms with E-state index in [1.54, 1.807) is 26.0 Å². The lowest BCUT2D eigenvalue weighted by atomic mass is 10.2. The molecule has 0 spiro atoms. The molecule has 28 heavy (non-hydrogen) atoms. The number of imidazole rings is 1. The van der Waals surface area contributed by atoms with E-state index in [0.717, 1.165) is 23.0 Å². The average molecular weight is 409 g/mol. The molecule has 1 heterocycles. The van der Waals surface area contributed by atoms with Crippen molar-refractivity contribution in [2.45, 2.75) is 52.1 Å². The van der Waals surface area contributed by atoms with Crippen molar-refractivity contribution < 1.29 is 19.3 Å². The fourth-order valence-electron chi connectivity index (χ4n) is 2.82. The van der Waals surface area contributed by atoms with Crippen molar-refractivity contribution in [3.05, 3.63) is 35.2 Å². The van der Waals surface area contributed by atoms with Gasteiger partial charge in [0.25, 0.3) is 0 Å². The van der Waals surface area contributed by atoms with Crippen LogP contribution < -0.4 is 9.47 Å². The Balaban J connectivity index is 1.84. The molecule has 1 aromatic heterocycles. The number of nitrogens with zero attached hydrogens (tertiary/aromatic N) is 2. The van der Waals surface area contributed by atoms with Gasteiger partial charge in [0.1, 0.15) is 0 Å². The topological polar surface area (TPSA) is 65.7 Å². The van der Waals surface area contributed by atoms with Gasteiger partial charge in [0.15, 0.2) is 16.7 Å². The monoisotopic (exact) mass is 408 g/mol. The predicted molar refractivity (Wildman–Crippen MR) is 112 cm³/mol. The van der Waals surface area contributed by atoms with E-state index in [1.165, 1.54) is 5.69 Å². The number of benzene rings is 1. The summed E-state index contributed by atoms with van der Waals surface area (Å²) in [6.07, 6.45) is -0.560. The Labute approximate surface area is 172 Å². The van der Waals surface area contributed by atoms with Crippen LogP contribution in [0.1, 0.15) is 30.8 Å². The zero-order valence-corrected chi connectivity index (χ0v) is 18.5. The van der Waals surface area contributed by atoms with E-state index >= 15 is 0 Å². The van der Waals surface area contributed by atoms with Crippen molar-refractivity contribution in [3.8, 4) is 11.5 Å². The van der Waals surface area contributed by atoms with Crippen LogP contribution in [0, 0.1) is 19.8 Å². The number of rotatable bonds is 11. The van der Waals surface area contributed by atoms with Crippen molar-refractivity contribution in [2.24, 2.45) is 5.92 Å². The lowest BCUT2D eigenvalue weighted by Crippen LogP contribution is -2.18. The summed E-state index contributed by atoms with van der Waals surface area (Å²) in [4.78, 5) is 4.65. The summed E-state index contributed by atoms with van der Waals surface area (Å²) in [6, 6.07) is 5.66. The third kappa shape index (κ3) is 6.15. The SMILES string of the molecule is COc1ccc(COC[C@H](O)CSc2nc(C)c(C)n2CC(C)C)cc1OC. The number of aliphatic hydroxyl groups excluding tert-OH is 1. The first kappa shape index (κ1) is 22.6. The maximum Gasteiger partial charge on any atom is 0.168 e. The molecule has 0 saturated heterocycles. The summed E-state index contributed by atoms with van der Waals surface area (Å²) in [5, 5.41) is 11.3. The largest absolute Gasteiger partial charge is 0.493 e. The third-order valence-corrected chi connectivity index (χ3v) is 5.52. The molecule has 1 atom stereocenters. The number of hydrogen-bond donors (Lipinski definition) is 1. The fraction of sp³-hybridized carbons (Fsp3) is 0.571. The van der Waals surface area contributed by atoms with E-state index in [-0.39, 0.29) is 6.61 Å². The van der Waals surface area contributed by atoms with Crippen LogP contribution in [0.5, 0.6) is 11.5 Å². The van der Waals surface area contributed by atoms with Gasteiger partial charge < -0.3 is 23.9 Å². The number of aryl methyl sites for hydroxylation is 1. The predicted octanol–water partition coefficient (Wildman–Crippen LogP) is 3.84. The Bertz CT molecular complexity index is 761. The summed E-state index contributed by atoms with van der Waals surface area (Å²) < 4.78 is 18.5. The number of hydrogen-bond acceptors (Lipinski definition) is 6. The van der Waals surface area contributed by atoms with Crippen LogP contribution in [-0.4, -0.2) is 47.3 Å². The molecular weight excluding hydrogens is 376 g/mol. The molecule has 0 amide bonds. The molecule has 0 aliphatic carbocycles. The normalized spacial score (nSPS) is 12.4. The highest BCUT2D eigenvalue weighted by Crippen LogP contribution is 2.28. The van der Waals surface area contributed by atoms with Crippen LogP contribution in [0.3, 0.4) is 0 Å². The van der Waals surface area contributed by atoms with Crippen LogP contribution in [0.2, 0.25) is 0 Å². The lowest BCUT2D eigenvalue weighted by molar-refractivity contribution is 0.0397. The Morgan fingerprint density at radius 1 is 1.14 bits per heavy atom. The minimum atomic E-state index is -0.560. The van der Waals surface area contributed by atoms with E-state index in [1.807, 2.05) is 25.1 Å². The van der Waals surface area contributed by atoms with Gasteiger partial charge in [-0.15, -0.1) is 0 Å². The van der Waals surface area contributed by atoms with Gasteiger partial charge in [-0.25, -0.2) is 4.98 Å². The molecule has 1 N–H and O–H groups in total. The van der Waals surface area contributed by atoms with Gasteiger partial charge in [0.05, 0.1) is 39.2 Å². The third-order valence-electron chi connectivity index (χ3n) is 4.40. The number of thioether (sulfide) groups is 1. The molecule has 156 valence electrons. The second-order valence-electron chi connectivity index (χ2n) is 7.24. The van der Waals surface area contributed by atoms with Gasteiger partial charge >= 0.3 is 0 Å². The van der Waals surface area contributed by atoms with Crippen LogP contribution in [-0.2, 0) is 17.9 Å². The smallest absolute Gasteiger partial charge is 0.168 e. The van der Waals surface area contributed by atoms with E-state index in [9.17, 15) is 5.11 Å². The van der Waals surface area contributed by atoms with E-state index < -0.39 is 6.10 Å². The second-order valence-corrected chi connectivity index (χ2v) is 8.23. The molecule has 0 bridgehead atoms. The average Bonchev–Trinajstić information content (AvgIpc) is 2.93. The Hall–Kier alpha value is -1.70. The zero-order valence-electron chi connectivity index (χ0n) is 17.7. The maximum atomic E-state index is 10.3. The van der Waals surface area contributed by atoms with Gasteiger partial charge in [-0.05, 0) is 37.5 Å². The molecule has 0 fully saturated rings. The highest BCUT2D eigenvalue weighted by Gasteiger charge is 2.15. The van der Waals surface area contributed by atoms with Crippen molar-refractivity contribution >= 4 is 11.8 Å². The maximum absolute atomic E-state index is 10.3. The summed E-state index contributed by atoms with van der Waals surface area (Å²) in [5.41, 5.74) is 3.20. The number of aliphatic hydroxyl groups is 1. The minimum Gasteiger partial charge on any atom is -0.493 e. The number of methoxy groups -OCH3 is 2. The standard InChI is InChI=1S/C21H32N2O4S/c1-14(2)10-23-16(4)15(3)22-21(23)28-13-18(24)12-27-11-17-7-8-19(25-5)20(9-17)26-6/h7-9,14,18,24H,10-13H2,1-6H3/t18-/m0/s1. The second kappa shape index (κ2) is 10.7. The van der Waals surface area contributed by atoms with Gasteiger partial charge in [-0.3, -0.25) is 0 Å². The molecular formula is C21H32N2O4S. The summed E-state index contributed by atoms with van der Waals surface area (Å²) in [7, 11) is 3.22. The van der Waals surface area contributed by atoms with Gasteiger partial charge in [0, 0.05) is 18.0 Å². The summed E-state index contributed by atoms with van der Waals surface area (Å²) in [5.74, 6) is 2.44. The Morgan fingerprint density at radius 3 is 2.50 bits per heavy atom. The molecule has 2 aromatic rings. The van der Waals surface area contributed by atoms with Gasteiger partial charge in [0.2, 0.25) is 0 Å². The first-order valence-corrected chi connectivity index (χ1v) is 10.5. The molecule has 0 radical (unpaired) electrons. The zero-order chi connectivity index (χ0) is 20.7.